The zero-order valence-electron chi connectivity index (χ0n) is 18.6. The molecule has 5 nitrogen and oxygen atoms in total. The summed E-state index contributed by atoms with van der Waals surface area (Å²) in [4.78, 5) is 27.9. The summed E-state index contributed by atoms with van der Waals surface area (Å²) >= 11 is 6.96. The second kappa shape index (κ2) is 12.0. The Balaban J connectivity index is 1.87. The van der Waals surface area contributed by atoms with Gasteiger partial charge in [0.2, 0.25) is 5.91 Å². The summed E-state index contributed by atoms with van der Waals surface area (Å²) in [6, 6.07) is 22.3. The number of amides is 2. The maximum Gasteiger partial charge on any atom is 0.261 e. The first kappa shape index (κ1) is 25.0. The lowest BCUT2D eigenvalue weighted by molar-refractivity contribution is -0.142. The molecule has 2 amide bonds. The number of likely N-dealkylation sites (N-methyl/N-ethyl adjacent to an activating group) is 1. The Hall–Kier alpha value is -2.64. The normalized spacial score (nSPS) is 11.5. The van der Waals surface area contributed by atoms with E-state index in [-0.39, 0.29) is 25.0 Å². The minimum Gasteiger partial charge on any atom is -0.484 e. The molecule has 0 saturated heterocycles. The SMILES string of the molecule is CNC(=O)C(Cc1ccccc1)N(Cc1cccc(Br)c1)C(=O)COc1ccc(Br)c(C)c1. The fraction of sp³-hybridized carbons (Fsp3) is 0.231. The van der Waals surface area contributed by atoms with Gasteiger partial charge in [0.05, 0.1) is 0 Å². The lowest BCUT2D eigenvalue weighted by Gasteiger charge is -2.31. The van der Waals surface area contributed by atoms with E-state index in [4.69, 9.17) is 4.74 Å². The van der Waals surface area contributed by atoms with Crippen molar-refractivity contribution in [3.63, 3.8) is 0 Å². The van der Waals surface area contributed by atoms with E-state index in [1.165, 1.54) is 0 Å². The highest BCUT2D eigenvalue weighted by Crippen LogP contribution is 2.22. The Bertz CT molecular complexity index is 1110. The van der Waals surface area contributed by atoms with Crippen molar-refractivity contribution in [3.8, 4) is 5.75 Å². The molecule has 0 saturated carbocycles. The summed E-state index contributed by atoms with van der Waals surface area (Å²) in [5, 5.41) is 2.72. The van der Waals surface area contributed by atoms with Crippen molar-refractivity contribution in [2.75, 3.05) is 13.7 Å². The number of carbonyl (C=O) groups excluding carboxylic acids is 2. The van der Waals surface area contributed by atoms with Crippen molar-refractivity contribution >= 4 is 43.7 Å². The minimum atomic E-state index is -0.681. The predicted octanol–water partition coefficient (Wildman–Crippen LogP) is 5.28. The number of nitrogens with zero attached hydrogens (tertiary/aromatic N) is 1. The van der Waals surface area contributed by atoms with Crippen molar-refractivity contribution in [1.82, 2.24) is 10.2 Å². The Kier molecular flexibility index (Phi) is 9.09. The maximum absolute atomic E-state index is 13.4. The highest BCUT2D eigenvalue weighted by molar-refractivity contribution is 9.10. The summed E-state index contributed by atoms with van der Waals surface area (Å²) in [6.45, 7) is 2.07. The van der Waals surface area contributed by atoms with Gasteiger partial charge >= 0.3 is 0 Å². The molecule has 0 heterocycles. The summed E-state index contributed by atoms with van der Waals surface area (Å²) in [7, 11) is 1.59. The van der Waals surface area contributed by atoms with Crippen molar-refractivity contribution in [3.05, 3.63) is 98.4 Å². The van der Waals surface area contributed by atoms with Gasteiger partial charge in [-0.15, -0.1) is 0 Å². The van der Waals surface area contributed by atoms with Crippen LogP contribution in [0.3, 0.4) is 0 Å². The number of carbonyl (C=O) groups is 2. The molecule has 1 atom stereocenters. The maximum atomic E-state index is 13.4. The molecular formula is C26H26Br2N2O3. The second-order valence-corrected chi connectivity index (χ2v) is 9.44. The molecule has 0 aliphatic carbocycles. The zero-order valence-corrected chi connectivity index (χ0v) is 21.7. The van der Waals surface area contributed by atoms with Crippen LogP contribution >= 0.6 is 31.9 Å². The van der Waals surface area contributed by atoms with Gasteiger partial charge in [-0.3, -0.25) is 9.59 Å². The van der Waals surface area contributed by atoms with Gasteiger partial charge in [-0.2, -0.15) is 0 Å². The average Bonchev–Trinajstić information content (AvgIpc) is 2.82. The number of halogens is 2. The molecule has 1 N–H and O–H groups in total. The number of nitrogens with one attached hydrogen (secondary N) is 1. The van der Waals surface area contributed by atoms with Crippen LogP contribution in [0.2, 0.25) is 0 Å². The van der Waals surface area contributed by atoms with Gasteiger partial charge in [0.25, 0.3) is 5.91 Å². The topological polar surface area (TPSA) is 58.6 Å². The van der Waals surface area contributed by atoms with E-state index < -0.39 is 6.04 Å². The first-order chi connectivity index (χ1) is 15.9. The lowest BCUT2D eigenvalue weighted by Crippen LogP contribution is -2.51. The molecule has 1 unspecified atom stereocenters. The largest absolute Gasteiger partial charge is 0.484 e. The van der Waals surface area contributed by atoms with Crippen LogP contribution in [0.15, 0.2) is 81.7 Å². The van der Waals surface area contributed by atoms with Crippen LogP contribution in [0, 0.1) is 6.92 Å². The Labute approximate surface area is 211 Å². The third-order valence-corrected chi connectivity index (χ3v) is 6.63. The molecular weight excluding hydrogens is 548 g/mol. The van der Waals surface area contributed by atoms with Gasteiger partial charge in [-0.05, 0) is 53.9 Å². The smallest absolute Gasteiger partial charge is 0.261 e. The molecule has 33 heavy (non-hydrogen) atoms. The van der Waals surface area contributed by atoms with Gasteiger partial charge in [0, 0.05) is 29.0 Å². The fourth-order valence-electron chi connectivity index (χ4n) is 3.49. The van der Waals surface area contributed by atoms with E-state index in [0.29, 0.717) is 12.2 Å². The van der Waals surface area contributed by atoms with Gasteiger partial charge in [-0.25, -0.2) is 0 Å². The highest BCUT2D eigenvalue weighted by atomic mass is 79.9. The Morgan fingerprint density at radius 3 is 2.36 bits per heavy atom. The van der Waals surface area contributed by atoms with Crippen LogP contribution in [-0.4, -0.2) is 36.4 Å². The van der Waals surface area contributed by atoms with Crippen LogP contribution in [0.1, 0.15) is 16.7 Å². The van der Waals surface area contributed by atoms with Crippen molar-refractivity contribution < 1.29 is 14.3 Å². The number of aryl methyl sites for hydroxylation is 1. The molecule has 0 aliphatic rings. The first-order valence-electron chi connectivity index (χ1n) is 10.6. The Morgan fingerprint density at radius 2 is 1.70 bits per heavy atom. The number of ether oxygens (including phenoxy) is 1. The molecule has 3 aromatic rings. The van der Waals surface area contributed by atoms with Gasteiger partial charge in [0.1, 0.15) is 11.8 Å². The van der Waals surface area contributed by atoms with Gasteiger partial charge in [0.15, 0.2) is 6.61 Å². The fourth-order valence-corrected chi connectivity index (χ4v) is 4.18. The summed E-state index contributed by atoms with van der Waals surface area (Å²) in [6.07, 6.45) is 0.400. The molecule has 0 fully saturated rings. The van der Waals surface area contributed by atoms with E-state index in [1.54, 1.807) is 11.9 Å². The molecule has 172 valence electrons. The van der Waals surface area contributed by atoms with Crippen LogP contribution in [0.4, 0.5) is 0 Å². The van der Waals surface area contributed by atoms with Crippen LogP contribution in [0.25, 0.3) is 0 Å². The second-order valence-electron chi connectivity index (χ2n) is 7.67. The van der Waals surface area contributed by atoms with Crippen LogP contribution in [-0.2, 0) is 22.6 Å². The van der Waals surface area contributed by atoms with Crippen molar-refractivity contribution in [1.29, 1.82) is 0 Å². The molecule has 0 aliphatic heterocycles. The number of hydrogen-bond donors (Lipinski definition) is 1. The third-order valence-electron chi connectivity index (χ3n) is 5.25. The van der Waals surface area contributed by atoms with E-state index >= 15 is 0 Å². The van der Waals surface area contributed by atoms with E-state index in [2.05, 4.69) is 37.2 Å². The van der Waals surface area contributed by atoms with Crippen molar-refractivity contribution in [2.24, 2.45) is 0 Å². The van der Waals surface area contributed by atoms with Crippen molar-refractivity contribution in [2.45, 2.75) is 25.9 Å². The number of rotatable bonds is 9. The van der Waals surface area contributed by atoms with Gasteiger partial charge < -0.3 is 15.0 Å². The van der Waals surface area contributed by atoms with Crippen LogP contribution < -0.4 is 10.1 Å². The third kappa shape index (κ3) is 7.17. The quantitative estimate of drug-likeness (QED) is 0.379. The zero-order chi connectivity index (χ0) is 23.8. The molecule has 7 heteroatoms. The highest BCUT2D eigenvalue weighted by Gasteiger charge is 2.30. The molecule has 0 aromatic heterocycles. The summed E-state index contributed by atoms with van der Waals surface area (Å²) < 4.78 is 7.69. The summed E-state index contributed by atoms with van der Waals surface area (Å²) in [5.41, 5.74) is 2.90. The predicted molar refractivity (Wildman–Crippen MR) is 137 cm³/mol. The molecule has 0 radical (unpaired) electrons. The lowest BCUT2D eigenvalue weighted by atomic mass is 10.0. The van der Waals surface area contributed by atoms with Crippen LogP contribution in [0.5, 0.6) is 5.75 Å². The minimum absolute atomic E-state index is 0.169. The number of benzene rings is 3. The molecule has 3 aromatic carbocycles. The standard InChI is InChI=1S/C26H26Br2N2O3/c1-18-13-22(11-12-23(18)28)33-17-25(31)30(16-20-9-6-10-21(27)14-20)24(26(32)29-2)15-19-7-4-3-5-8-19/h3-14,24H,15-17H2,1-2H3,(H,29,32). The monoisotopic (exact) mass is 572 g/mol. The van der Waals surface area contributed by atoms with E-state index in [1.807, 2.05) is 79.7 Å². The number of hydrogen-bond acceptors (Lipinski definition) is 3. The molecule has 0 bridgehead atoms. The summed E-state index contributed by atoms with van der Waals surface area (Å²) in [5.74, 6) is 0.118. The molecule has 3 rings (SSSR count). The van der Waals surface area contributed by atoms with E-state index in [9.17, 15) is 9.59 Å². The molecule has 0 spiro atoms. The Morgan fingerprint density at radius 1 is 0.970 bits per heavy atom. The van der Waals surface area contributed by atoms with E-state index in [0.717, 1.165) is 25.6 Å². The average molecular weight is 574 g/mol. The first-order valence-corrected chi connectivity index (χ1v) is 12.1. The van der Waals surface area contributed by atoms with Gasteiger partial charge in [-0.1, -0.05) is 74.3 Å².